The Morgan fingerprint density at radius 2 is 2.30 bits per heavy atom. The van der Waals surface area contributed by atoms with Gasteiger partial charge in [0.05, 0.1) is 19.3 Å². The molecule has 110 valence electrons. The van der Waals surface area contributed by atoms with Gasteiger partial charge in [-0.05, 0) is 31.9 Å². The van der Waals surface area contributed by atoms with E-state index in [0.717, 1.165) is 36.7 Å². The summed E-state index contributed by atoms with van der Waals surface area (Å²) in [5, 5.41) is 8.67. The molecule has 1 unspecified atom stereocenters. The van der Waals surface area contributed by atoms with Crippen LogP contribution in [-0.4, -0.2) is 37.4 Å². The minimum absolute atomic E-state index is 0.135. The molecule has 0 aromatic heterocycles. The molecule has 5 heteroatoms. The number of aliphatic carboxylic acids is 1. The fourth-order valence-corrected chi connectivity index (χ4v) is 2.42. The molecule has 1 atom stereocenters. The van der Waals surface area contributed by atoms with Crippen molar-refractivity contribution in [3.05, 3.63) is 18.2 Å². The number of unbranched alkanes of at least 4 members (excludes halogenated alkanes) is 1. The van der Waals surface area contributed by atoms with Gasteiger partial charge in [0.1, 0.15) is 17.6 Å². The molecule has 1 aromatic carbocycles. The lowest BCUT2D eigenvalue weighted by molar-refractivity contribution is -0.137. The Kier molecular flexibility index (Phi) is 4.71. The van der Waals surface area contributed by atoms with E-state index in [1.807, 2.05) is 25.1 Å². The van der Waals surface area contributed by atoms with E-state index < -0.39 is 5.97 Å². The average Bonchev–Trinajstić information content (AvgIpc) is 2.42. The molecule has 1 heterocycles. The number of fused-ring (bicyclic) bond motifs is 1. The van der Waals surface area contributed by atoms with Crippen molar-refractivity contribution in [2.45, 2.75) is 32.3 Å². The topological polar surface area (TPSA) is 59.0 Å². The zero-order valence-electron chi connectivity index (χ0n) is 12.0. The van der Waals surface area contributed by atoms with Crippen LogP contribution < -0.4 is 14.4 Å². The maximum absolute atomic E-state index is 10.5. The second-order valence-electron chi connectivity index (χ2n) is 5.06. The zero-order valence-corrected chi connectivity index (χ0v) is 12.0. The number of carbonyl (C=O) groups is 1. The summed E-state index contributed by atoms with van der Waals surface area (Å²) in [6.07, 6.45) is 1.91. The molecule has 0 saturated heterocycles. The maximum atomic E-state index is 10.5. The normalized spacial score (nSPS) is 17.3. The fourth-order valence-electron chi connectivity index (χ4n) is 2.42. The van der Waals surface area contributed by atoms with Gasteiger partial charge in [-0.1, -0.05) is 0 Å². The van der Waals surface area contributed by atoms with Gasteiger partial charge in [-0.15, -0.1) is 0 Å². The van der Waals surface area contributed by atoms with Gasteiger partial charge >= 0.3 is 5.97 Å². The number of hydrogen-bond donors (Lipinski definition) is 1. The van der Waals surface area contributed by atoms with Gasteiger partial charge in [-0.3, -0.25) is 4.79 Å². The molecule has 0 fully saturated rings. The second-order valence-corrected chi connectivity index (χ2v) is 5.06. The highest BCUT2D eigenvalue weighted by Crippen LogP contribution is 2.36. The molecule has 1 aromatic rings. The van der Waals surface area contributed by atoms with Gasteiger partial charge in [0.25, 0.3) is 0 Å². The number of anilines is 1. The first-order valence-corrected chi connectivity index (χ1v) is 6.91. The van der Waals surface area contributed by atoms with E-state index in [-0.39, 0.29) is 12.5 Å². The fraction of sp³-hybridized carbons (Fsp3) is 0.533. The maximum Gasteiger partial charge on any atom is 0.303 e. The first kappa shape index (κ1) is 14.5. The molecule has 5 nitrogen and oxygen atoms in total. The van der Waals surface area contributed by atoms with Crippen molar-refractivity contribution in [3.63, 3.8) is 0 Å². The van der Waals surface area contributed by atoms with E-state index in [4.69, 9.17) is 14.6 Å². The minimum atomic E-state index is -0.734. The summed E-state index contributed by atoms with van der Waals surface area (Å²) < 4.78 is 11.1. The summed E-state index contributed by atoms with van der Waals surface area (Å²) in [5.74, 6) is 0.933. The summed E-state index contributed by atoms with van der Waals surface area (Å²) in [7, 11) is 1.64. The molecule has 20 heavy (non-hydrogen) atoms. The quantitative estimate of drug-likeness (QED) is 0.811. The van der Waals surface area contributed by atoms with Crippen molar-refractivity contribution >= 4 is 11.7 Å². The zero-order chi connectivity index (χ0) is 14.5. The van der Waals surface area contributed by atoms with Crippen LogP contribution in [0, 0.1) is 0 Å². The smallest absolute Gasteiger partial charge is 0.303 e. The molecule has 2 rings (SSSR count). The number of carboxylic acid groups (broad SMARTS) is 1. The van der Waals surface area contributed by atoms with Gasteiger partial charge in [-0.2, -0.15) is 0 Å². The Hall–Kier alpha value is -1.91. The number of hydrogen-bond acceptors (Lipinski definition) is 4. The molecular weight excluding hydrogens is 258 g/mol. The van der Waals surface area contributed by atoms with Crippen molar-refractivity contribution in [2.75, 3.05) is 25.1 Å². The molecule has 1 aliphatic rings. The van der Waals surface area contributed by atoms with Crippen LogP contribution in [0.5, 0.6) is 11.5 Å². The lowest BCUT2D eigenvalue weighted by Crippen LogP contribution is -2.39. The summed E-state index contributed by atoms with van der Waals surface area (Å²) in [5.41, 5.74) is 1.03. The van der Waals surface area contributed by atoms with E-state index in [9.17, 15) is 4.79 Å². The molecule has 1 N–H and O–H groups in total. The lowest BCUT2D eigenvalue weighted by atomic mass is 10.1. The SMILES string of the molecule is COc1ccc2c(c1)N(CCCCC(=O)O)CC(C)O2. The molecule has 1 aliphatic heterocycles. The van der Waals surface area contributed by atoms with Gasteiger partial charge in [0.15, 0.2) is 0 Å². The van der Waals surface area contributed by atoms with Crippen molar-refractivity contribution in [3.8, 4) is 11.5 Å². The Balaban J connectivity index is 2.04. The van der Waals surface area contributed by atoms with Crippen LogP contribution in [0.15, 0.2) is 18.2 Å². The number of ether oxygens (including phenoxy) is 2. The number of rotatable bonds is 6. The van der Waals surface area contributed by atoms with Crippen LogP contribution in [-0.2, 0) is 4.79 Å². The first-order chi connectivity index (χ1) is 9.60. The predicted octanol–water partition coefficient (Wildman–Crippen LogP) is 2.54. The predicted molar refractivity (Wildman–Crippen MR) is 76.8 cm³/mol. The van der Waals surface area contributed by atoms with E-state index in [1.54, 1.807) is 7.11 Å². The highest BCUT2D eigenvalue weighted by molar-refractivity contribution is 5.66. The highest BCUT2D eigenvalue weighted by Gasteiger charge is 2.23. The van der Waals surface area contributed by atoms with Crippen molar-refractivity contribution in [1.82, 2.24) is 0 Å². The number of nitrogens with zero attached hydrogens (tertiary/aromatic N) is 1. The first-order valence-electron chi connectivity index (χ1n) is 6.91. The molecule has 0 bridgehead atoms. The number of methoxy groups -OCH3 is 1. The lowest BCUT2D eigenvalue weighted by Gasteiger charge is -2.35. The molecule has 0 aliphatic carbocycles. The van der Waals surface area contributed by atoms with E-state index in [2.05, 4.69) is 4.90 Å². The van der Waals surface area contributed by atoms with Crippen LogP contribution in [0.2, 0.25) is 0 Å². The summed E-state index contributed by atoms with van der Waals surface area (Å²) in [6, 6.07) is 5.78. The Morgan fingerprint density at radius 1 is 1.50 bits per heavy atom. The van der Waals surface area contributed by atoms with E-state index in [1.165, 1.54) is 0 Å². The number of benzene rings is 1. The van der Waals surface area contributed by atoms with Crippen molar-refractivity contribution in [2.24, 2.45) is 0 Å². The summed E-state index contributed by atoms with van der Waals surface area (Å²) >= 11 is 0. The van der Waals surface area contributed by atoms with Crippen LogP contribution in [0.3, 0.4) is 0 Å². The Labute approximate surface area is 119 Å². The van der Waals surface area contributed by atoms with Crippen LogP contribution >= 0.6 is 0 Å². The van der Waals surface area contributed by atoms with Gasteiger partial charge in [0.2, 0.25) is 0 Å². The van der Waals surface area contributed by atoms with Gasteiger partial charge in [0, 0.05) is 19.0 Å². The van der Waals surface area contributed by atoms with E-state index >= 15 is 0 Å². The Bertz CT molecular complexity index is 475. The Morgan fingerprint density at radius 3 is 3.00 bits per heavy atom. The molecule has 0 spiro atoms. The monoisotopic (exact) mass is 279 g/mol. The van der Waals surface area contributed by atoms with Crippen LogP contribution in [0.1, 0.15) is 26.2 Å². The van der Waals surface area contributed by atoms with Crippen LogP contribution in [0.25, 0.3) is 0 Å². The third kappa shape index (κ3) is 3.56. The molecule has 0 radical (unpaired) electrons. The van der Waals surface area contributed by atoms with E-state index in [0.29, 0.717) is 6.42 Å². The standard InChI is InChI=1S/C15H21NO4/c1-11-10-16(8-4-3-5-15(17)18)13-9-12(19-2)6-7-14(13)20-11/h6-7,9,11H,3-5,8,10H2,1-2H3,(H,17,18). The highest BCUT2D eigenvalue weighted by atomic mass is 16.5. The van der Waals surface area contributed by atoms with Gasteiger partial charge < -0.3 is 19.5 Å². The average molecular weight is 279 g/mol. The third-order valence-corrected chi connectivity index (χ3v) is 3.38. The molecule has 0 saturated carbocycles. The molecule has 0 amide bonds. The second kappa shape index (κ2) is 6.50. The largest absolute Gasteiger partial charge is 0.497 e. The summed E-state index contributed by atoms with van der Waals surface area (Å²) in [6.45, 7) is 3.69. The van der Waals surface area contributed by atoms with Gasteiger partial charge in [-0.25, -0.2) is 0 Å². The minimum Gasteiger partial charge on any atom is -0.497 e. The van der Waals surface area contributed by atoms with Crippen molar-refractivity contribution < 1.29 is 19.4 Å². The number of carboxylic acids is 1. The summed E-state index contributed by atoms with van der Waals surface area (Å²) in [4.78, 5) is 12.8. The van der Waals surface area contributed by atoms with Crippen LogP contribution in [0.4, 0.5) is 5.69 Å². The molecular formula is C15H21NO4. The third-order valence-electron chi connectivity index (χ3n) is 3.38. The van der Waals surface area contributed by atoms with Crippen molar-refractivity contribution in [1.29, 1.82) is 0 Å².